The highest BCUT2D eigenvalue weighted by molar-refractivity contribution is 5.73. The van der Waals surface area contributed by atoms with Crippen molar-refractivity contribution in [2.75, 3.05) is 44.7 Å². The molecule has 6 rings (SSSR count). The molecule has 2 atom stereocenters. The Hall–Kier alpha value is -4.80. The van der Waals surface area contributed by atoms with Gasteiger partial charge >= 0.3 is 6.09 Å². The topological polar surface area (TPSA) is 102 Å². The van der Waals surface area contributed by atoms with Gasteiger partial charge in [-0.1, -0.05) is 32.9 Å². The van der Waals surface area contributed by atoms with E-state index < -0.39 is 5.60 Å². The lowest BCUT2D eigenvalue weighted by Crippen LogP contribution is -2.50. The number of benzene rings is 1. The van der Waals surface area contributed by atoms with Crippen LogP contribution in [0.2, 0.25) is 0 Å². The van der Waals surface area contributed by atoms with E-state index in [2.05, 4.69) is 30.9 Å². The molecule has 0 N–H and O–H groups in total. The first-order chi connectivity index (χ1) is 25.0. The molecule has 1 saturated heterocycles. The monoisotopic (exact) mass is 712 g/mol. The Labute approximate surface area is 308 Å². The molecule has 11 nitrogen and oxygen atoms in total. The van der Waals surface area contributed by atoms with Gasteiger partial charge in [-0.15, -0.1) is 0 Å². The van der Waals surface area contributed by atoms with Crippen LogP contribution in [-0.4, -0.2) is 88.4 Å². The third-order valence-electron chi connectivity index (χ3n) is 9.63. The molecule has 0 spiro atoms. The maximum atomic E-state index is 12.5. The number of hydrogen-bond donors (Lipinski definition) is 0. The second-order valence-corrected chi connectivity index (χ2v) is 14.5. The fourth-order valence-corrected chi connectivity index (χ4v) is 6.57. The van der Waals surface area contributed by atoms with Gasteiger partial charge in [0.15, 0.2) is 0 Å². The van der Waals surface area contributed by atoms with E-state index in [0.29, 0.717) is 45.2 Å². The molecule has 0 bridgehead atoms. The molecule has 4 aromatic rings. The molecule has 1 aliphatic heterocycles. The number of carbonyl (C=O) groups is 2. The lowest BCUT2D eigenvalue weighted by molar-refractivity contribution is -0.119. The first kappa shape index (κ1) is 38.4. The van der Waals surface area contributed by atoms with E-state index in [1.54, 1.807) is 12.0 Å². The standard InChI is InChI=1S/C39H50N6O5.C2H6/c1-7-29(24-42(26-46)23-28-8-13-33(48-6)14-9-28)27(2)49-36-20-31(25-45-37(36)34(22-41-45)30-10-11-30)35-15-12-32(21-40-35)43-16-18-44(19-17-43)38(47)50-39(3,4)5;1-2/h8-9,12-15,20-22,25-27,29-30H,7,10-11,16-19,23-24H2,1-6H3;1-2H3. The predicted molar refractivity (Wildman–Crippen MR) is 205 cm³/mol. The summed E-state index contributed by atoms with van der Waals surface area (Å²) in [7, 11) is 1.65. The highest BCUT2D eigenvalue weighted by Crippen LogP contribution is 2.45. The van der Waals surface area contributed by atoms with Gasteiger partial charge in [0.05, 0.1) is 30.9 Å². The van der Waals surface area contributed by atoms with Crippen LogP contribution in [0.4, 0.5) is 10.5 Å². The molecule has 11 heteroatoms. The Morgan fingerprint density at radius 3 is 2.33 bits per heavy atom. The second kappa shape index (κ2) is 17.1. The number of nitrogens with zero attached hydrogens (tertiary/aromatic N) is 6. The van der Waals surface area contributed by atoms with E-state index in [1.165, 1.54) is 5.56 Å². The van der Waals surface area contributed by atoms with Gasteiger partial charge in [-0.05, 0) is 88.8 Å². The minimum atomic E-state index is -0.511. The summed E-state index contributed by atoms with van der Waals surface area (Å²) in [6, 6.07) is 14.0. The third kappa shape index (κ3) is 9.54. The molecule has 0 radical (unpaired) electrons. The SMILES string of the molecule is CC.CCC(CN(C=O)Cc1ccc(OC)cc1)C(C)Oc1cc(-c2ccc(N3CCN(C(=O)OC(C)(C)C)CC3)cn2)cn2ncc(C3CC3)c12. The molecule has 1 saturated carbocycles. The van der Waals surface area contributed by atoms with Crippen LogP contribution in [-0.2, 0) is 16.1 Å². The van der Waals surface area contributed by atoms with E-state index in [-0.39, 0.29) is 18.1 Å². The summed E-state index contributed by atoms with van der Waals surface area (Å²) < 4.78 is 19.6. The lowest BCUT2D eigenvalue weighted by Gasteiger charge is -2.36. The summed E-state index contributed by atoms with van der Waals surface area (Å²) in [5.74, 6) is 2.19. The molecule has 1 aromatic carbocycles. The number of hydrogen-bond acceptors (Lipinski definition) is 8. The number of methoxy groups -OCH3 is 1. The van der Waals surface area contributed by atoms with Crippen LogP contribution in [0.1, 0.15) is 84.8 Å². The lowest BCUT2D eigenvalue weighted by atomic mass is 9.99. The Morgan fingerprint density at radius 2 is 1.75 bits per heavy atom. The number of ether oxygens (including phenoxy) is 3. The van der Waals surface area contributed by atoms with Crippen molar-refractivity contribution in [1.29, 1.82) is 0 Å². The number of fused-ring (bicyclic) bond motifs is 1. The van der Waals surface area contributed by atoms with Crippen LogP contribution in [0.5, 0.6) is 11.5 Å². The van der Waals surface area contributed by atoms with Gasteiger partial charge in [-0.3, -0.25) is 9.78 Å². The molecular weight excluding hydrogens is 656 g/mol. The van der Waals surface area contributed by atoms with Crippen molar-refractivity contribution in [2.24, 2.45) is 5.92 Å². The minimum absolute atomic E-state index is 0.114. The quantitative estimate of drug-likeness (QED) is 0.129. The normalized spacial score (nSPS) is 15.7. The first-order valence-electron chi connectivity index (χ1n) is 18.7. The zero-order valence-corrected chi connectivity index (χ0v) is 32.2. The summed E-state index contributed by atoms with van der Waals surface area (Å²) >= 11 is 0. The largest absolute Gasteiger partial charge is 0.497 e. The zero-order chi connectivity index (χ0) is 37.4. The molecule has 2 amide bonds. The Morgan fingerprint density at radius 1 is 1.04 bits per heavy atom. The van der Waals surface area contributed by atoms with Crippen LogP contribution in [0.3, 0.4) is 0 Å². The summed E-state index contributed by atoms with van der Waals surface area (Å²) in [6.07, 6.45) is 9.57. The van der Waals surface area contributed by atoms with Gasteiger partial charge in [0, 0.05) is 62.5 Å². The van der Waals surface area contributed by atoms with Gasteiger partial charge in [0.25, 0.3) is 0 Å². The third-order valence-corrected chi connectivity index (χ3v) is 9.63. The van der Waals surface area contributed by atoms with Crippen LogP contribution in [0, 0.1) is 5.92 Å². The highest BCUT2D eigenvalue weighted by atomic mass is 16.6. The van der Waals surface area contributed by atoms with Gasteiger partial charge in [0.1, 0.15) is 28.7 Å². The second-order valence-electron chi connectivity index (χ2n) is 14.5. The molecule has 3 aromatic heterocycles. The molecule has 2 unspecified atom stereocenters. The summed E-state index contributed by atoms with van der Waals surface area (Å²) in [5.41, 5.74) is 5.50. The smallest absolute Gasteiger partial charge is 0.410 e. The summed E-state index contributed by atoms with van der Waals surface area (Å²) in [4.78, 5) is 35.4. The van der Waals surface area contributed by atoms with Crippen LogP contribution in [0.25, 0.3) is 16.8 Å². The van der Waals surface area contributed by atoms with E-state index in [1.807, 2.05) is 93.0 Å². The zero-order valence-electron chi connectivity index (χ0n) is 32.2. The van der Waals surface area contributed by atoms with Crippen LogP contribution >= 0.6 is 0 Å². The van der Waals surface area contributed by atoms with E-state index in [4.69, 9.17) is 24.3 Å². The van der Waals surface area contributed by atoms with E-state index in [9.17, 15) is 9.59 Å². The molecule has 4 heterocycles. The molecule has 2 fully saturated rings. The maximum absolute atomic E-state index is 12.5. The average molecular weight is 713 g/mol. The van der Waals surface area contributed by atoms with Crippen molar-refractivity contribution in [2.45, 2.75) is 91.9 Å². The van der Waals surface area contributed by atoms with Crippen molar-refractivity contribution in [3.05, 3.63) is 72.2 Å². The number of aromatic nitrogens is 3. The number of pyridine rings is 2. The Kier molecular flexibility index (Phi) is 12.7. The minimum Gasteiger partial charge on any atom is -0.497 e. The van der Waals surface area contributed by atoms with Crippen molar-refractivity contribution in [1.82, 2.24) is 24.4 Å². The fraction of sp³-hybridized carbons (Fsp3) is 0.512. The Balaban J connectivity index is 0.00000257. The fourth-order valence-electron chi connectivity index (χ4n) is 6.57. The maximum Gasteiger partial charge on any atom is 0.410 e. The molecule has 280 valence electrons. The summed E-state index contributed by atoms with van der Waals surface area (Å²) in [5, 5.41) is 4.75. The van der Waals surface area contributed by atoms with E-state index >= 15 is 0 Å². The highest BCUT2D eigenvalue weighted by Gasteiger charge is 2.30. The number of carbonyl (C=O) groups excluding carboxylic acids is 2. The molecule has 1 aliphatic carbocycles. The van der Waals surface area contributed by atoms with Crippen LogP contribution in [0.15, 0.2) is 61.1 Å². The van der Waals surface area contributed by atoms with Crippen molar-refractivity contribution in [3.63, 3.8) is 0 Å². The van der Waals surface area contributed by atoms with Crippen molar-refractivity contribution in [3.8, 4) is 22.8 Å². The van der Waals surface area contributed by atoms with E-state index in [0.717, 1.165) is 65.2 Å². The summed E-state index contributed by atoms with van der Waals surface area (Å²) in [6.45, 7) is 17.6. The van der Waals surface area contributed by atoms with Gasteiger partial charge in [-0.2, -0.15) is 5.10 Å². The molecular formula is C41H56N6O5. The number of anilines is 1. The van der Waals surface area contributed by atoms with Gasteiger partial charge in [-0.25, -0.2) is 9.31 Å². The van der Waals surface area contributed by atoms with Gasteiger partial charge < -0.3 is 28.9 Å². The predicted octanol–water partition coefficient (Wildman–Crippen LogP) is 7.82. The molecule has 2 aliphatic rings. The number of piperazine rings is 1. The Bertz CT molecular complexity index is 1760. The first-order valence-corrected chi connectivity index (χ1v) is 18.7. The number of amides is 2. The van der Waals surface area contributed by atoms with Crippen LogP contribution < -0.4 is 14.4 Å². The van der Waals surface area contributed by atoms with Gasteiger partial charge in [0.2, 0.25) is 6.41 Å². The average Bonchev–Trinajstić information content (AvgIpc) is 3.91. The molecule has 52 heavy (non-hydrogen) atoms. The van der Waals surface area contributed by atoms with Crippen molar-refractivity contribution < 1.29 is 23.8 Å². The number of rotatable bonds is 13. The van der Waals surface area contributed by atoms with Crippen molar-refractivity contribution >= 4 is 23.7 Å².